The molecule has 2 bridgehead atoms. The van der Waals surface area contributed by atoms with Crippen molar-refractivity contribution in [2.45, 2.75) is 70.1 Å². The van der Waals surface area contributed by atoms with Crippen molar-refractivity contribution >= 4 is 5.91 Å². The lowest BCUT2D eigenvalue weighted by molar-refractivity contribution is -0.124. The number of nitrogens with two attached hydrogens (primary N) is 1. The molecular formula is C13H25N3O. The molecule has 98 valence electrons. The molecule has 2 saturated heterocycles. The topological polar surface area (TPSA) is 58.4 Å². The zero-order valence-electron chi connectivity index (χ0n) is 11.2. The van der Waals surface area contributed by atoms with E-state index in [2.05, 4.69) is 10.2 Å². The zero-order chi connectivity index (χ0) is 12.6. The maximum Gasteiger partial charge on any atom is 0.234 e. The Morgan fingerprint density at radius 1 is 1.29 bits per heavy atom. The molecule has 3 N–H and O–H groups in total. The van der Waals surface area contributed by atoms with Crippen LogP contribution in [0.5, 0.6) is 0 Å². The van der Waals surface area contributed by atoms with Gasteiger partial charge in [-0.05, 0) is 46.5 Å². The predicted molar refractivity (Wildman–Crippen MR) is 68.6 cm³/mol. The summed E-state index contributed by atoms with van der Waals surface area (Å²) in [5.74, 6) is 0.143. The van der Waals surface area contributed by atoms with E-state index >= 15 is 0 Å². The van der Waals surface area contributed by atoms with E-state index in [1.54, 1.807) is 0 Å². The molecule has 2 atom stereocenters. The molecule has 2 heterocycles. The fraction of sp³-hybridized carbons (Fsp3) is 0.923. The molecule has 1 amide bonds. The molecule has 2 fully saturated rings. The third-order valence-electron chi connectivity index (χ3n) is 3.76. The molecule has 2 aliphatic heterocycles. The number of amides is 1. The number of piperidine rings is 1. The van der Waals surface area contributed by atoms with Crippen LogP contribution in [0.1, 0.15) is 46.5 Å². The van der Waals surface area contributed by atoms with Crippen molar-refractivity contribution in [3.63, 3.8) is 0 Å². The SMILES string of the molecule is CC(C)(C)NC(=O)CN1C2CCC1CC(N)C2. The summed E-state index contributed by atoms with van der Waals surface area (Å²) in [5, 5.41) is 3.03. The van der Waals surface area contributed by atoms with Crippen LogP contribution >= 0.6 is 0 Å². The Morgan fingerprint density at radius 3 is 2.29 bits per heavy atom. The summed E-state index contributed by atoms with van der Waals surface area (Å²) in [4.78, 5) is 14.3. The van der Waals surface area contributed by atoms with Crippen LogP contribution in [0.2, 0.25) is 0 Å². The average molecular weight is 239 g/mol. The third kappa shape index (κ3) is 3.19. The molecule has 2 aliphatic rings. The highest BCUT2D eigenvalue weighted by atomic mass is 16.2. The lowest BCUT2D eigenvalue weighted by Gasteiger charge is -2.37. The highest BCUT2D eigenvalue weighted by Crippen LogP contribution is 2.34. The zero-order valence-corrected chi connectivity index (χ0v) is 11.2. The van der Waals surface area contributed by atoms with E-state index < -0.39 is 0 Å². The van der Waals surface area contributed by atoms with Crippen molar-refractivity contribution in [1.29, 1.82) is 0 Å². The van der Waals surface area contributed by atoms with Gasteiger partial charge in [-0.3, -0.25) is 9.69 Å². The highest BCUT2D eigenvalue weighted by molar-refractivity contribution is 5.78. The van der Waals surface area contributed by atoms with Gasteiger partial charge in [-0.15, -0.1) is 0 Å². The molecule has 0 aliphatic carbocycles. The average Bonchev–Trinajstić information content (AvgIpc) is 2.42. The smallest absolute Gasteiger partial charge is 0.234 e. The molecule has 2 unspecified atom stereocenters. The van der Waals surface area contributed by atoms with Gasteiger partial charge < -0.3 is 11.1 Å². The summed E-state index contributed by atoms with van der Waals surface area (Å²) in [6.45, 7) is 6.60. The molecular weight excluding hydrogens is 214 g/mol. The van der Waals surface area contributed by atoms with Gasteiger partial charge in [0.1, 0.15) is 0 Å². The Bertz CT molecular complexity index is 284. The van der Waals surface area contributed by atoms with Crippen LogP contribution in [0.15, 0.2) is 0 Å². The van der Waals surface area contributed by atoms with Crippen molar-refractivity contribution < 1.29 is 4.79 Å². The molecule has 17 heavy (non-hydrogen) atoms. The van der Waals surface area contributed by atoms with Crippen molar-refractivity contribution in [3.05, 3.63) is 0 Å². The second-order valence-electron chi connectivity index (χ2n) is 6.59. The molecule has 0 aromatic heterocycles. The van der Waals surface area contributed by atoms with Gasteiger partial charge >= 0.3 is 0 Å². The number of hydrogen-bond acceptors (Lipinski definition) is 3. The first-order chi connectivity index (χ1) is 7.85. The Labute approximate surface area is 104 Å². The van der Waals surface area contributed by atoms with E-state index in [1.165, 1.54) is 12.8 Å². The normalized spacial score (nSPS) is 33.8. The van der Waals surface area contributed by atoms with Crippen molar-refractivity contribution in [1.82, 2.24) is 10.2 Å². The molecule has 2 rings (SSSR count). The number of nitrogens with one attached hydrogen (secondary N) is 1. The summed E-state index contributed by atoms with van der Waals surface area (Å²) in [6.07, 6.45) is 4.53. The minimum Gasteiger partial charge on any atom is -0.350 e. The maximum absolute atomic E-state index is 11.9. The maximum atomic E-state index is 11.9. The lowest BCUT2D eigenvalue weighted by atomic mass is 9.98. The quantitative estimate of drug-likeness (QED) is 0.751. The number of hydrogen-bond donors (Lipinski definition) is 2. The summed E-state index contributed by atoms with van der Waals surface area (Å²) < 4.78 is 0. The standard InChI is InChI=1S/C13H25N3O/c1-13(2,3)15-12(17)8-16-10-4-5-11(16)7-9(14)6-10/h9-11H,4-8,14H2,1-3H3,(H,15,17). The molecule has 0 radical (unpaired) electrons. The van der Waals surface area contributed by atoms with E-state index in [1.807, 2.05) is 20.8 Å². The van der Waals surface area contributed by atoms with E-state index in [0.717, 1.165) is 12.8 Å². The van der Waals surface area contributed by atoms with Crippen LogP contribution in [0.3, 0.4) is 0 Å². The number of fused-ring (bicyclic) bond motifs is 2. The van der Waals surface area contributed by atoms with Gasteiger partial charge in [0, 0.05) is 23.7 Å². The first kappa shape index (κ1) is 12.8. The fourth-order valence-electron chi connectivity index (χ4n) is 3.20. The molecule has 0 aromatic rings. The van der Waals surface area contributed by atoms with Crippen LogP contribution in [-0.4, -0.2) is 41.0 Å². The minimum absolute atomic E-state index is 0.137. The van der Waals surface area contributed by atoms with E-state index in [4.69, 9.17) is 5.73 Å². The van der Waals surface area contributed by atoms with Crippen LogP contribution in [0, 0.1) is 0 Å². The van der Waals surface area contributed by atoms with Crippen molar-refractivity contribution in [3.8, 4) is 0 Å². The Balaban J connectivity index is 1.90. The molecule has 0 spiro atoms. The van der Waals surface area contributed by atoms with Crippen LogP contribution < -0.4 is 11.1 Å². The largest absolute Gasteiger partial charge is 0.350 e. The van der Waals surface area contributed by atoms with Crippen LogP contribution in [0.4, 0.5) is 0 Å². The molecule has 0 aromatic carbocycles. The second kappa shape index (κ2) is 4.58. The number of rotatable bonds is 2. The van der Waals surface area contributed by atoms with E-state index in [9.17, 15) is 4.79 Å². The Hall–Kier alpha value is -0.610. The number of nitrogens with zero attached hydrogens (tertiary/aromatic N) is 1. The van der Waals surface area contributed by atoms with Gasteiger partial charge in [-0.2, -0.15) is 0 Å². The summed E-state index contributed by atoms with van der Waals surface area (Å²) in [7, 11) is 0. The predicted octanol–water partition coefficient (Wildman–Crippen LogP) is 0.855. The molecule has 0 saturated carbocycles. The van der Waals surface area contributed by atoms with Gasteiger partial charge in [-0.1, -0.05) is 0 Å². The van der Waals surface area contributed by atoms with Crippen LogP contribution in [0.25, 0.3) is 0 Å². The van der Waals surface area contributed by atoms with E-state index in [-0.39, 0.29) is 11.4 Å². The Morgan fingerprint density at radius 2 is 1.82 bits per heavy atom. The first-order valence-electron chi connectivity index (χ1n) is 6.67. The van der Waals surface area contributed by atoms with E-state index in [0.29, 0.717) is 24.7 Å². The summed E-state index contributed by atoms with van der Waals surface area (Å²) in [5.41, 5.74) is 5.89. The number of carbonyl (C=O) groups is 1. The second-order valence-corrected chi connectivity index (χ2v) is 6.59. The molecule has 4 nitrogen and oxygen atoms in total. The lowest BCUT2D eigenvalue weighted by Crippen LogP contribution is -2.53. The van der Waals surface area contributed by atoms with Crippen molar-refractivity contribution in [2.24, 2.45) is 5.73 Å². The third-order valence-corrected chi connectivity index (χ3v) is 3.76. The van der Waals surface area contributed by atoms with Gasteiger partial charge in [0.2, 0.25) is 5.91 Å². The fourth-order valence-corrected chi connectivity index (χ4v) is 3.20. The van der Waals surface area contributed by atoms with Gasteiger partial charge in [0.15, 0.2) is 0 Å². The minimum atomic E-state index is -0.137. The van der Waals surface area contributed by atoms with Gasteiger partial charge in [0.25, 0.3) is 0 Å². The van der Waals surface area contributed by atoms with Gasteiger partial charge in [0.05, 0.1) is 6.54 Å². The summed E-state index contributed by atoms with van der Waals surface area (Å²) >= 11 is 0. The molecule has 4 heteroatoms. The van der Waals surface area contributed by atoms with Gasteiger partial charge in [-0.25, -0.2) is 0 Å². The Kier molecular flexibility index (Phi) is 3.46. The first-order valence-corrected chi connectivity index (χ1v) is 6.67. The monoisotopic (exact) mass is 239 g/mol. The highest BCUT2D eigenvalue weighted by Gasteiger charge is 2.40. The number of carbonyl (C=O) groups excluding carboxylic acids is 1. The van der Waals surface area contributed by atoms with Crippen LogP contribution in [-0.2, 0) is 4.79 Å². The van der Waals surface area contributed by atoms with Crippen molar-refractivity contribution in [2.75, 3.05) is 6.54 Å². The summed E-state index contributed by atoms with van der Waals surface area (Å²) in [6, 6.07) is 1.42.